The summed E-state index contributed by atoms with van der Waals surface area (Å²) in [6.45, 7) is 2.39. The molecule has 30 heavy (non-hydrogen) atoms. The standard InChI is InChI=1S/C22H21Cl2N3O3/c23-18-3-1-16(2-4-18)15-30-22-10-5-19(24)13-17(22)14-25-11-12-26-20-6-8-21(9-7-20)27(28)29/h1-10,13,25-26H,11-12,14-15H2. The van der Waals surface area contributed by atoms with Crippen LogP contribution in [0.4, 0.5) is 11.4 Å². The lowest BCUT2D eigenvalue weighted by Gasteiger charge is -2.13. The van der Waals surface area contributed by atoms with Crippen LogP contribution in [0.25, 0.3) is 0 Å². The van der Waals surface area contributed by atoms with E-state index in [1.165, 1.54) is 12.1 Å². The summed E-state index contributed by atoms with van der Waals surface area (Å²) >= 11 is 12.1. The number of nitrogens with one attached hydrogen (secondary N) is 2. The van der Waals surface area contributed by atoms with Gasteiger partial charge in [0.05, 0.1) is 4.92 Å². The predicted molar refractivity (Wildman–Crippen MR) is 121 cm³/mol. The van der Waals surface area contributed by atoms with Crippen molar-refractivity contribution in [1.82, 2.24) is 5.32 Å². The second-order valence-corrected chi connectivity index (χ2v) is 7.45. The molecule has 0 heterocycles. The molecule has 8 heteroatoms. The van der Waals surface area contributed by atoms with Gasteiger partial charge >= 0.3 is 0 Å². The summed E-state index contributed by atoms with van der Waals surface area (Å²) in [4.78, 5) is 10.3. The molecule has 0 aliphatic rings. The monoisotopic (exact) mass is 445 g/mol. The second kappa shape index (κ2) is 10.8. The first kappa shape index (κ1) is 21.9. The van der Waals surface area contributed by atoms with Gasteiger partial charge in [-0.05, 0) is 48.0 Å². The summed E-state index contributed by atoms with van der Waals surface area (Å²) in [5.74, 6) is 0.769. The third-order valence-electron chi connectivity index (χ3n) is 4.35. The topological polar surface area (TPSA) is 76.4 Å². The summed E-state index contributed by atoms with van der Waals surface area (Å²) in [7, 11) is 0. The predicted octanol–water partition coefficient (Wildman–Crippen LogP) is 5.68. The van der Waals surface area contributed by atoms with Crippen molar-refractivity contribution in [2.24, 2.45) is 0 Å². The molecule has 0 aliphatic carbocycles. The van der Waals surface area contributed by atoms with Crippen LogP contribution in [0, 0.1) is 10.1 Å². The molecular weight excluding hydrogens is 425 g/mol. The van der Waals surface area contributed by atoms with Crippen molar-refractivity contribution in [3.8, 4) is 5.75 Å². The van der Waals surface area contributed by atoms with Crippen LogP contribution in [0.1, 0.15) is 11.1 Å². The Morgan fingerprint density at radius 3 is 2.30 bits per heavy atom. The molecule has 0 amide bonds. The molecule has 0 radical (unpaired) electrons. The Kier molecular flexibility index (Phi) is 7.90. The molecule has 0 unspecified atom stereocenters. The van der Waals surface area contributed by atoms with Gasteiger partial charge in [-0.25, -0.2) is 0 Å². The van der Waals surface area contributed by atoms with Crippen molar-refractivity contribution in [2.45, 2.75) is 13.2 Å². The average Bonchev–Trinajstić information content (AvgIpc) is 2.74. The molecule has 156 valence electrons. The maximum Gasteiger partial charge on any atom is 0.269 e. The van der Waals surface area contributed by atoms with Crippen LogP contribution in [0.15, 0.2) is 66.7 Å². The highest BCUT2D eigenvalue weighted by molar-refractivity contribution is 6.30. The van der Waals surface area contributed by atoms with E-state index in [-0.39, 0.29) is 5.69 Å². The minimum atomic E-state index is -0.414. The summed E-state index contributed by atoms with van der Waals surface area (Å²) < 4.78 is 5.96. The van der Waals surface area contributed by atoms with Crippen LogP contribution in [-0.4, -0.2) is 18.0 Å². The molecule has 0 fully saturated rings. The third kappa shape index (κ3) is 6.62. The molecule has 6 nitrogen and oxygen atoms in total. The van der Waals surface area contributed by atoms with Crippen molar-refractivity contribution in [2.75, 3.05) is 18.4 Å². The van der Waals surface area contributed by atoms with Gasteiger partial charge in [0.25, 0.3) is 5.69 Å². The number of nitro benzene ring substituents is 1. The normalized spacial score (nSPS) is 10.6. The fourth-order valence-corrected chi connectivity index (χ4v) is 3.11. The first-order valence-electron chi connectivity index (χ1n) is 9.36. The summed E-state index contributed by atoms with van der Waals surface area (Å²) in [5.41, 5.74) is 2.90. The van der Waals surface area contributed by atoms with E-state index < -0.39 is 4.92 Å². The SMILES string of the molecule is O=[N+]([O-])c1ccc(NCCNCc2cc(Cl)ccc2OCc2ccc(Cl)cc2)cc1. The van der Waals surface area contributed by atoms with Crippen LogP contribution in [-0.2, 0) is 13.2 Å². The Hall–Kier alpha value is -2.80. The number of anilines is 1. The largest absolute Gasteiger partial charge is 0.489 e. The van der Waals surface area contributed by atoms with Gasteiger partial charge < -0.3 is 15.4 Å². The van der Waals surface area contributed by atoms with E-state index in [1.807, 2.05) is 36.4 Å². The molecular formula is C22H21Cl2N3O3. The van der Waals surface area contributed by atoms with Gasteiger partial charge in [0, 0.05) is 53.1 Å². The molecule has 0 atom stereocenters. The van der Waals surface area contributed by atoms with Gasteiger partial charge in [-0.2, -0.15) is 0 Å². The lowest BCUT2D eigenvalue weighted by atomic mass is 10.2. The summed E-state index contributed by atoms with van der Waals surface area (Å²) in [6, 6.07) is 19.4. The number of rotatable bonds is 10. The van der Waals surface area contributed by atoms with Crippen molar-refractivity contribution in [3.05, 3.63) is 98.0 Å². The Morgan fingerprint density at radius 1 is 0.900 bits per heavy atom. The highest BCUT2D eigenvalue weighted by atomic mass is 35.5. The first-order valence-corrected chi connectivity index (χ1v) is 10.1. The minimum absolute atomic E-state index is 0.0748. The lowest BCUT2D eigenvalue weighted by Crippen LogP contribution is -2.22. The number of benzene rings is 3. The van der Waals surface area contributed by atoms with Crippen LogP contribution >= 0.6 is 23.2 Å². The molecule has 3 rings (SSSR count). The molecule has 0 bridgehead atoms. The maximum atomic E-state index is 10.7. The highest BCUT2D eigenvalue weighted by Gasteiger charge is 2.06. The number of hydrogen-bond donors (Lipinski definition) is 2. The summed E-state index contributed by atoms with van der Waals surface area (Å²) in [6.07, 6.45) is 0. The molecule has 0 aromatic heterocycles. The van der Waals surface area contributed by atoms with Crippen LogP contribution in [0.5, 0.6) is 5.75 Å². The van der Waals surface area contributed by atoms with E-state index in [1.54, 1.807) is 18.2 Å². The van der Waals surface area contributed by atoms with E-state index in [0.717, 1.165) is 22.6 Å². The van der Waals surface area contributed by atoms with Crippen molar-refractivity contribution < 1.29 is 9.66 Å². The minimum Gasteiger partial charge on any atom is -0.489 e. The van der Waals surface area contributed by atoms with E-state index in [4.69, 9.17) is 27.9 Å². The number of ether oxygens (including phenoxy) is 1. The van der Waals surface area contributed by atoms with Gasteiger partial charge in [-0.1, -0.05) is 35.3 Å². The van der Waals surface area contributed by atoms with Gasteiger partial charge in [-0.15, -0.1) is 0 Å². The number of non-ortho nitro benzene ring substituents is 1. The number of halogens is 2. The molecule has 0 aliphatic heterocycles. The Bertz CT molecular complexity index is 980. The highest BCUT2D eigenvalue weighted by Crippen LogP contribution is 2.24. The van der Waals surface area contributed by atoms with Crippen molar-refractivity contribution in [1.29, 1.82) is 0 Å². The molecule has 0 spiro atoms. The molecule has 3 aromatic carbocycles. The molecule has 0 saturated heterocycles. The zero-order valence-corrected chi connectivity index (χ0v) is 17.6. The van der Waals surface area contributed by atoms with Crippen LogP contribution in [0.2, 0.25) is 10.0 Å². The number of nitrogens with zero attached hydrogens (tertiary/aromatic N) is 1. The van der Waals surface area contributed by atoms with Gasteiger partial charge in [0.1, 0.15) is 12.4 Å². The second-order valence-electron chi connectivity index (χ2n) is 6.57. The summed E-state index contributed by atoms with van der Waals surface area (Å²) in [5, 5.41) is 18.6. The fourth-order valence-electron chi connectivity index (χ4n) is 2.79. The molecule has 2 N–H and O–H groups in total. The molecule has 0 saturated carbocycles. The Labute approximate surface area is 184 Å². The zero-order chi connectivity index (χ0) is 21.3. The number of nitro groups is 1. The van der Waals surface area contributed by atoms with E-state index in [9.17, 15) is 10.1 Å². The van der Waals surface area contributed by atoms with Crippen molar-refractivity contribution in [3.63, 3.8) is 0 Å². The van der Waals surface area contributed by atoms with Gasteiger partial charge in [-0.3, -0.25) is 10.1 Å². The fraction of sp³-hybridized carbons (Fsp3) is 0.182. The van der Waals surface area contributed by atoms with E-state index in [0.29, 0.717) is 36.3 Å². The average molecular weight is 446 g/mol. The van der Waals surface area contributed by atoms with Crippen LogP contribution < -0.4 is 15.4 Å². The van der Waals surface area contributed by atoms with Crippen LogP contribution in [0.3, 0.4) is 0 Å². The van der Waals surface area contributed by atoms with E-state index >= 15 is 0 Å². The lowest BCUT2D eigenvalue weighted by molar-refractivity contribution is -0.384. The van der Waals surface area contributed by atoms with Gasteiger partial charge in [0.15, 0.2) is 0 Å². The first-order chi connectivity index (χ1) is 14.5. The zero-order valence-electron chi connectivity index (χ0n) is 16.1. The Morgan fingerprint density at radius 2 is 1.60 bits per heavy atom. The van der Waals surface area contributed by atoms with Crippen molar-refractivity contribution >= 4 is 34.6 Å². The Balaban J connectivity index is 1.47. The van der Waals surface area contributed by atoms with Gasteiger partial charge in [0.2, 0.25) is 0 Å². The molecule has 3 aromatic rings. The third-order valence-corrected chi connectivity index (χ3v) is 4.84. The number of hydrogen-bond acceptors (Lipinski definition) is 5. The maximum absolute atomic E-state index is 10.7. The quantitative estimate of drug-likeness (QED) is 0.238. The smallest absolute Gasteiger partial charge is 0.269 e. The van der Waals surface area contributed by atoms with E-state index in [2.05, 4.69) is 10.6 Å².